The van der Waals surface area contributed by atoms with Crippen molar-refractivity contribution in [3.63, 3.8) is 0 Å². The van der Waals surface area contributed by atoms with E-state index >= 15 is 0 Å². The van der Waals surface area contributed by atoms with Crippen LogP contribution in [0, 0.1) is 3.57 Å². The molecule has 2 aromatic carbocycles. The van der Waals surface area contributed by atoms with Gasteiger partial charge in [0.25, 0.3) is 0 Å². The molecule has 29 heavy (non-hydrogen) atoms. The van der Waals surface area contributed by atoms with E-state index in [0.717, 1.165) is 54.8 Å². The molecule has 0 fully saturated rings. The van der Waals surface area contributed by atoms with Crippen LogP contribution in [0.25, 0.3) is 5.70 Å². The van der Waals surface area contributed by atoms with Crippen molar-refractivity contribution in [1.29, 1.82) is 0 Å². The van der Waals surface area contributed by atoms with E-state index in [4.69, 9.17) is 0 Å². The van der Waals surface area contributed by atoms with Gasteiger partial charge in [0, 0.05) is 45.6 Å². The van der Waals surface area contributed by atoms with Crippen molar-refractivity contribution in [2.24, 2.45) is 4.99 Å². The van der Waals surface area contributed by atoms with Crippen molar-refractivity contribution >= 4 is 34.0 Å². The summed E-state index contributed by atoms with van der Waals surface area (Å²) in [6.45, 7) is 7.68. The number of hydrogen-bond acceptors (Lipinski definition) is 3. The summed E-state index contributed by atoms with van der Waals surface area (Å²) in [6, 6.07) is 17.6. The summed E-state index contributed by atoms with van der Waals surface area (Å²) >= 11 is 2.34. The van der Waals surface area contributed by atoms with Crippen molar-refractivity contribution in [2.75, 3.05) is 20.6 Å². The van der Waals surface area contributed by atoms with Gasteiger partial charge in [0.05, 0.1) is 0 Å². The van der Waals surface area contributed by atoms with Gasteiger partial charge in [0.1, 0.15) is 0 Å². The summed E-state index contributed by atoms with van der Waals surface area (Å²) in [5, 5.41) is 6.95. The highest BCUT2D eigenvalue weighted by Crippen LogP contribution is 2.21. The molecule has 0 aliphatic heterocycles. The first-order valence-corrected chi connectivity index (χ1v) is 11.6. The monoisotopic (exact) mass is 503 g/mol. The molecule has 0 radical (unpaired) electrons. The van der Waals surface area contributed by atoms with Crippen LogP contribution in [-0.4, -0.2) is 32.4 Å². The first kappa shape index (κ1) is 23.6. The molecule has 0 spiro atoms. The maximum atomic E-state index is 4.63. The topological polar surface area (TPSA) is 36.4 Å². The van der Waals surface area contributed by atoms with Crippen molar-refractivity contribution < 1.29 is 0 Å². The van der Waals surface area contributed by atoms with Crippen LogP contribution in [0.1, 0.15) is 49.3 Å². The first-order valence-electron chi connectivity index (χ1n) is 10.5. The summed E-state index contributed by atoms with van der Waals surface area (Å²) in [4.78, 5) is 4.63. The maximum Gasteiger partial charge on any atom is 0.0467 e. The van der Waals surface area contributed by atoms with E-state index < -0.39 is 0 Å². The lowest BCUT2D eigenvalue weighted by molar-refractivity contribution is 0.486. The normalized spacial score (nSPS) is 12.6. The number of hydrogen-bond donors (Lipinski definition) is 2. The molecule has 0 bridgehead atoms. The lowest BCUT2D eigenvalue weighted by Crippen LogP contribution is -2.29. The highest BCUT2D eigenvalue weighted by atomic mass is 127. The van der Waals surface area contributed by atoms with Crippen LogP contribution in [0.4, 0.5) is 0 Å². The molecule has 0 saturated heterocycles. The Kier molecular flexibility index (Phi) is 10.4. The fraction of sp³-hybridized carbons (Fsp3) is 0.400. The van der Waals surface area contributed by atoms with Gasteiger partial charge in [-0.25, -0.2) is 0 Å². The number of nitrogens with zero attached hydrogens (tertiary/aromatic N) is 1. The fourth-order valence-corrected chi connectivity index (χ4v) is 3.93. The minimum Gasteiger partial charge on any atom is -0.382 e. The molecule has 0 amide bonds. The molecule has 0 aliphatic carbocycles. The summed E-state index contributed by atoms with van der Waals surface area (Å²) in [5.41, 5.74) is 5.67. The molecule has 2 N–H and O–H groups in total. The smallest absolute Gasteiger partial charge is 0.0467 e. The molecule has 156 valence electrons. The third-order valence-electron chi connectivity index (χ3n) is 5.11. The Bertz CT molecular complexity index is 796. The number of nitrogens with one attached hydrogen (secondary N) is 2. The van der Waals surface area contributed by atoms with E-state index in [1.54, 1.807) is 0 Å². The predicted molar refractivity (Wildman–Crippen MR) is 136 cm³/mol. The Morgan fingerprint density at radius 1 is 1.07 bits per heavy atom. The fourth-order valence-electron chi connectivity index (χ4n) is 3.57. The van der Waals surface area contributed by atoms with Crippen LogP contribution in [0.15, 0.2) is 60.1 Å². The van der Waals surface area contributed by atoms with Gasteiger partial charge in [-0.1, -0.05) is 56.3 Å². The van der Waals surface area contributed by atoms with Gasteiger partial charge in [-0.3, -0.25) is 4.99 Å². The summed E-state index contributed by atoms with van der Waals surface area (Å²) in [7, 11) is 3.89. The van der Waals surface area contributed by atoms with Gasteiger partial charge in [0.15, 0.2) is 0 Å². The van der Waals surface area contributed by atoms with E-state index in [-0.39, 0.29) is 0 Å². The maximum absolute atomic E-state index is 4.63. The SMILES string of the molecule is C=C(NC(CCC)CCCNC)c1ccccc1/C(Cc1ccc(I)cc1)=N\C. The zero-order chi connectivity index (χ0) is 21.1. The Morgan fingerprint density at radius 3 is 2.38 bits per heavy atom. The van der Waals surface area contributed by atoms with Gasteiger partial charge >= 0.3 is 0 Å². The van der Waals surface area contributed by atoms with Gasteiger partial charge < -0.3 is 10.6 Å². The first-order chi connectivity index (χ1) is 14.1. The number of aliphatic imine (C=N–C) groups is 1. The van der Waals surface area contributed by atoms with Crippen LogP contribution in [0.3, 0.4) is 0 Å². The Morgan fingerprint density at radius 2 is 1.76 bits per heavy atom. The average Bonchev–Trinajstić information content (AvgIpc) is 2.73. The van der Waals surface area contributed by atoms with E-state index in [1.165, 1.54) is 15.6 Å². The highest BCUT2D eigenvalue weighted by molar-refractivity contribution is 14.1. The molecule has 0 aromatic heterocycles. The summed E-state index contributed by atoms with van der Waals surface area (Å²) < 4.78 is 1.25. The van der Waals surface area contributed by atoms with Gasteiger partial charge in [-0.15, -0.1) is 0 Å². The molecule has 2 aromatic rings. The third kappa shape index (κ3) is 7.59. The molecule has 0 saturated carbocycles. The minimum atomic E-state index is 0.451. The van der Waals surface area contributed by atoms with E-state index in [2.05, 4.69) is 100 Å². The average molecular weight is 503 g/mol. The second-order valence-electron chi connectivity index (χ2n) is 7.37. The van der Waals surface area contributed by atoms with Crippen LogP contribution in [0.5, 0.6) is 0 Å². The van der Waals surface area contributed by atoms with Crippen LogP contribution < -0.4 is 10.6 Å². The quantitative estimate of drug-likeness (QED) is 0.222. The second kappa shape index (κ2) is 12.8. The molecule has 0 aliphatic rings. The van der Waals surface area contributed by atoms with E-state index in [0.29, 0.717) is 6.04 Å². The molecule has 0 heterocycles. The van der Waals surface area contributed by atoms with Crippen LogP contribution in [-0.2, 0) is 6.42 Å². The Balaban J connectivity index is 2.18. The Hall–Kier alpha value is -1.66. The lowest BCUT2D eigenvalue weighted by Gasteiger charge is -2.23. The third-order valence-corrected chi connectivity index (χ3v) is 5.83. The van der Waals surface area contributed by atoms with Crippen LogP contribution >= 0.6 is 22.6 Å². The van der Waals surface area contributed by atoms with Gasteiger partial charge in [0.2, 0.25) is 0 Å². The van der Waals surface area contributed by atoms with Crippen molar-refractivity contribution in [3.8, 4) is 0 Å². The molecular formula is C25H34IN3. The number of halogens is 1. The zero-order valence-corrected chi connectivity index (χ0v) is 20.1. The molecule has 1 atom stereocenters. The van der Waals surface area contributed by atoms with E-state index in [1.807, 2.05) is 14.1 Å². The Labute approximate surface area is 190 Å². The van der Waals surface area contributed by atoms with Gasteiger partial charge in [-0.05, 0) is 73.1 Å². The molecule has 1 unspecified atom stereocenters. The van der Waals surface area contributed by atoms with Crippen molar-refractivity contribution in [1.82, 2.24) is 10.6 Å². The highest BCUT2D eigenvalue weighted by Gasteiger charge is 2.14. The number of benzene rings is 2. The molecular weight excluding hydrogens is 469 g/mol. The molecule has 3 nitrogen and oxygen atoms in total. The standard InChI is InChI=1S/C25H34IN3/c1-5-9-22(10-8-17-27-3)29-19(2)23-11-6-7-12-24(23)25(28-4)18-20-13-15-21(26)16-14-20/h6-7,11-16,22,27,29H,2,5,8-10,17-18H2,1,3-4H3/b28-25-. The van der Waals surface area contributed by atoms with Crippen molar-refractivity contribution in [2.45, 2.75) is 45.1 Å². The zero-order valence-electron chi connectivity index (χ0n) is 18.0. The molecule has 4 heteroatoms. The minimum absolute atomic E-state index is 0.451. The van der Waals surface area contributed by atoms with Crippen molar-refractivity contribution in [3.05, 3.63) is 75.4 Å². The number of rotatable bonds is 12. The molecule has 2 rings (SSSR count). The lowest BCUT2D eigenvalue weighted by atomic mass is 9.95. The van der Waals surface area contributed by atoms with E-state index in [9.17, 15) is 0 Å². The predicted octanol–water partition coefficient (Wildman–Crippen LogP) is 5.68. The second-order valence-corrected chi connectivity index (χ2v) is 8.62. The summed E-state index contributed by atoms with van der Waals surface area (Å²) in [6.07, 6.45) is 5.45. The summed E-state index contributed by atoms with van der Waals surface area (Å²) in [5.74, 6) is 0. The van der Waals surface area contributed by atoms with Gasteiger partial charge in [-0.2, -0.15) is 0 Å². The largest absolute Gasteiger partial charge is 0.382 e. The van der Waals surface area contributed by atoms with Crippen LogP contribution in [0.2, 0.25) is 0 Å².